The van der Waals surface area contributed by atoms with Gasteiger partial charge in [0.1, 0.15) is 0 Å². The Hall–Kier alpha value is -2.08. The Kier molecular flexibility index (Phi) is 5.27. The number of carbonyl (C=O) groups excluding carboxylic acids is 2. The fourth-order valence-corrected chi connectivity index (χ4v) is 3.84. The molecule has 2 aliphatic rings. The van der Waals surface area contributed by atoms with Crippen LogP contribution in [0.15, 0.2) is 30.3 Å². The van der Waals surface area contributed by atoms with Gasteiger partial charge in [-0.3, -0.25) is 4.79 Å². The van der Waals surface area contributed by atoms with Crippen LogP contribution in [0.25, 0.3) is 0 Å². The number of nitrogens with zero attached hydrogens (tertiary/aromatic N) is 1. The van der Waals surface area contributed by atoms with Crippen LogP contribution in [0.2, 0.25) is 0 Å². The van der Waals surface area contributed by atoms with Crippen LogP contribution in [0, 0.1) is 11.3 Å². The molecule has 2 saturated heterocycles. The van der Waals surface area contributed by atoms with Crippen LogP contribution in [0.3, 0.4) is 0 Å². The second kappa shape index (κ2) is 7.44. The van der Waals surface area contributed by atoms with E-state index in [1.54, 1.807) is 0 Å². The van der Waals surface area contributed by atoms with Gasteiger partial charge in [0.25, 0.3) is 0 Å². The average Bonchev–Trinajstić information content (AvgIpc) is 2.65. The van der Waals surface area contributed by atoms with Crippen LogP contribution in [0.1, 0.15) is 31.4 Å². The van der Waals surface area contributed by atoms with Gasteiger partial charge in [0, 0.05) is 26.3 Å². The van der Waals surface area contributed by atoms with Crippen LogP contribution >= 0.6 is 0 Å². The normalized spacial score (nSPS) is 25.0. The highest BCUT2D eigenvalue weighted by Gasteiger charge is 2.44. The molecule has 2 atom stereocenters. The zero-order valence-corrected chi connectivity index (χ0v) is 14.9. The number of hydrogen-bond acceptors (Lipinski definition) is 4. The topological polar surface area (TPSA) is 67.9 Å². The Balaban J connectivity index is 1.64. The highest BCUT2D eigenvalue weighted by molar-refractivity contribution is 5.80. The van der Waals surface area contributed by atoms with E-state index in [1.807, 2.05) is 23.1 Å². The summed E-state index contributed by atoms with van der Waals surface area (Å²) < 4.78 is 10.3. The standard InChI is InChI=1S/C19H26N2O4/c1-14-12-21(16(14)15-6-4-3-5-7-15)18(23)20-13-19(17(22)24-2)8-10-25-11-9-19/h3-7,14,16H,8-13H2,1-2H3,(H,20,23). The van der Waals surface area contributed by atoms with Crippen molar-refractivity contribution in [3.05, 3.63) is 35.9 Å². The molecule has 25 heavy (non-hydrogen) atoms. The molecule has 2 heterocycles. The molecule has 3 rings (SSSR count). The summed E-state index contributed by atoms with van der Waals surface area (Å²) in [6.07, 6.45) is 1.14. The largest absolute Gasteiger partial charge is 0.469 e. The first-order valence-corrected chi connectivity index (χ1v) is 8.83. The lowest BCUT2D eigenvalue weighted by molar-refractivity contribution is -0.158. The van der Waals surface area contributed by atoms with Crippen molar-refractivity contribution < 1.29 is 19.1 Å². The lowest BCUT2D eigenvalue weighted by Gasteiger charge is -2.47. The number of amides is 2. The highest BCUT2D eigenvalue weighted by atomic mass is 16.5. The average molecular weight is 346 g/mol. The van der Waals surface area contributed by atoms with E-state index in [-0.39, 0.29) is 24.6 Å². The zero-order valence-electron chi connectivity index (χ0n) is 14.9. The fraction of sp³-hybridized carbons (Fsp3) is 0.579. The van der Waals surface area contributed by atoms with Gasteiger partial charge in [0.05, 0.1) is 18.6 Å². The predicted molar refractivity (Wildman–Crippen MR) is 93.0 cm³/mol. The summed E-state index contributed by atoms with van der Waals surface area (Å²) in [7, 11) is 1.39. The number of likely N-dealkylation sites (tertiary alicyclic amines) is 1. The number of esters is 1. The summed E-state index contributed by atoms with van der Waals surface area (Å²) in [5, 5.41) is 2.96. The summed E-state index contributed by atoms with van der Waals surface area (Å²) in [5.74, 6) is 0.151. The number of carbonyl (C=O) groups is 2. The summed E-state index contributed by atoms with van der Waals surface area (Å²) in [6, 6.07) is 10.0. The lowest BCUT2D eigenvalue weighted by Crippen LogP contribution is -2.57. The Labute approximate surface area is 148 Å². The number of nitrogens with one attached hydrogen (secondary N) is 1. The third kappa shape index (κ3) is 3.49. The van der Waals surface area contributed by atoms with E-state index in [4.69, 9.17) is 9.47 Å². The van der Waals surface area contributed by atoms with E-state index < -0.39 is 5.41 Å². The third-order valence-corrected chi connectivity index (χ3v) is 5.41. The molecule has 2 fully saturated rings. The van der Waals surface area contributed by atoms with Gasteiger partial charge in [-0.1, -0.05) is 37.3 Å². The van der Waals surface area contributed by atoms with Gasteiger partial charge in [0.15, 0.2) is 0 Å². The quantitative estimate of drug-likeness (QED) is 0.850. The molecule has 2 amide bonds. The molecule has 6 nitrogen and oxygen atoms in total. The van der Waals surface area contributed by atoms with Gasteiger partial charge < -0.3 is 19.7 Å². The maximum Gasteiger partial charge on any atom is 0.317 e. The molecule has 0 spiro atoms. The number of methoxy groups -OCH3 is 1. The number of urea groups is 1. The molecular formula is C19H26N2O4. The minimum Gasteiger partial charge on any atom is -0.469 e. The van der Waals surface area contributed by atoms with Crippen molar-refractivity contribution in [3.8, 4) is 0 Å². The highest BCUT2D eigenvalue weighted by Crippen LogP contribution is 2.38. The van der Waals surface area contributed by atoms with Gasteiger partial charge in [-0.2, -0.15) is 0 Å². The van der Waals surface area contributed by atoms with Crippen LogP contribution in [-0.2, 0) is 14.3 Å². The fourth-order valence-electron chi connectivity index (χ4n) is 3.84. The summed E-state index contributed by atoms with van der Waals surface area (Å²) in [5.41, 5.74) is 0.464. The van der Waals surface area contributed by atoms with Gasteiger partial charge in [-0.15, -0.1) is 0 Å². The molecule has 0 aromatic heterocycles. The van der Waals surface area contributed by atoms with Gasteiger partial charge in [-0.05, 0) is 24.3 Å². The van der Waals surface area contributed by atoms with Crippen molar-refractivity contribution in [3.63, 3.8) is 0 Å². The van der Waals surface area contributed by atoms with E-state index in [9.17, 15) is 9.59 Å². The predicted octanol–water partition coefficient (Wildman–Crippen LogP) is 2.36. The van der Waals surface area contributed by atoms with E-state index in [0.717, 1.165) is 12.1 Å². The summed E-state index contributed by atoms with van der Waals surface area (Å²) >= 11 is 0. The molecule has 0 radical (unpaired) electrons. The second-order valence-corrected chi connectivity index (χ2v) is 7.03. The number of rotatable bonds is 4. The third-order valence-electron chi connectivity index (χ3n) is 5.41. The first kappa shape index (κ1) is 17.7. The molecule has 1 aromatic carbocycles. The first-order chi connectivity index (χ1) is 12.1. The van der Waals surface area contributed by atoms with Crippen molar-refractivity contribution in [2.45, 2.75) is 25.8 Å². The molecule has 0 bridgehead atoms. The van der Waals surface area contributed by atoms with Crippen molar-refractivity contribution in [1.29, 1.82) is 0 Å². The SMILES string of the molecule is COC(=O)C1(CNC(=O)N2CC(C)C2c2ccccc2)CCOCC1. The molecule has 6 heteroatoms. The van der Waals surface area contributed by atoms with E-state index in [2.05, 4.69) is 24.4 Å². The van der Waals surface area contributed by atoms with Crippen LogP contribution in [-0.4, -0.2) is 50.3 Å². The first-order valence-electron chi connectivity index (χ1n) is 8.83. The minimum atomic E-state index is -0.679. The molecule has 2 unspecified atom stereocenters. The Morgan fingerprint density at radius 2 is 1.96 bits per heavy atom. The molecule has 2 aliphatic heterocycles. The number of benzene rings is 1. The number of ether oxygens (including phenoxy) is 2. The lowest BCUT2D eigenvalue weighted by atomic mass is 9.80. The minimum absolute atomic E-state index is 0.0879. The molecule has 1 aromatic rings. The van der Waals surface area contributed by atoms with Crippen LogP contribution in [0.5, 0.6) is 0 Å². The molecule has 0 aliphatic carbocycles. The number of hydrogen-bond donors (Lipinski definition) is 1. The van der Waals surface area contributed by atoms with Crippen LogP contribution < -0.4 is 5.32 Å². The molecule has 1 N–H and O–H groups in total. The zero-order chi connectivity index (χ0) is 17.9. The van der Waals surface area contributed by atoms with Crippen molar-refractivity contribution in [1.82, 2.24) is 10.2 Å². The summed E-state index contributed by atoms with van der Waals surface area (Å²) in [6.45, 7) is 4.18. The smallest absolute Gasteiger partial charge is 0.317 e. The van der Waals surface area contributed by atoms with Gasteiger partial charge >= 0.3 is 12.0 Å². The Bertz CT molecular complexity index is 613. The van der Waals surface area contributed by atoms with Gasteiger partial charge in [-0.25, -0.2) is 4.79 Å². The monoisotopic (exact) mass is 346 g/mol. The maximum absolute atomic E-state index is 12.7. The maximum atomic E-state index is 12.7. The van der Waals surface area contributed by atoms with Crippen molar-refractivity contribution in [2.24, 2.45) is 11.3 Å². The Morgan fingerprint density at radius 3 is 2.56 bits per heavy atom. The summed E-state index contributed by atoms with van der Waals surface area (Å²) in [4.78, 5) is 26.8. The molecular weight excluding hydrogens is 320 g/mol. The second-order valence-electron chi connectivity index (χ2n) is 7.03. The van der Waals surface area contributed by atoms with Gasteiger partial charge in [0.2, 0.25) is 0 Å². The van der Waals surface area contributed by atoms with Crippen molar-refractivity contribution >= 4 is 12.0 Å². The van der Waals surface area contributed by atoms with Crippen molar-refractivity contribution in [2.75, 3.05) is 33.4 Å². The van der Waals surface area contributed by atoms with E-state index in [1.165, 1.54) is 7.11 Å². The van der Waals surface area contributed by atoms with E-state index >= 15 is 0 Å². The molecule has 0 saturated carbocycles. The van der Waals surface area contributed by atoms with E-state index in [0.29, 0.717) is 32.0 Å². The van der Waals surface area contributed by atoms with Crippen LogP contribution in [0.4, 0.5) is 4.79 Å². The Morgan fingerprint density at radius 1 is 1.28 bits per heavy atom. The molecule has 136 valence electrons.